The number of allylic oxidation sites excluding steroid dienone is 3. The molecule has 0 N–H and O–H groups in total. The predicted octanol–water partition coefficient (Wildman–Crippen LogP) is 6.69. The summed E-state index contributed by atoms with van der Waals surface area (Å²) in [5.41, 5.74) is 2.30. The summed E-state index contributed by atoms with van der Waals surface area (Å²) in [4.78, 5) is 82.3. The first-order chi connectivity index (χ1) is 25.5. The summed E-state index contributed by atoms with van der Waals surface area (Å²) in [5.74, 6) is -1.41. The molecule has 7 unspecified atom stereocenters. The Labute approximate surface area is 316 Å². The van der Waals surface area contributed by atoms with E-state index in [1.165, 1.54) is 4.90 Å². The van der Waals surface area contributed by atoms with Gasteiger partial charge in [0.2, 0.25) is 0 Å². The molecular weight excluding hydrogens is 692 g/mol. The number of nitrogens with zero attached hydrogens (tertiary/aromatic N) is 2. The van der Waals surface area contributed by atoms with Crippen molar-refractivity contribution < 1.29 is 47.7 Å². The van der Waals surface area contributed by atoms with E-state index in [1.54, 1.807) is 64.7 Å². The number of ether oxygens (including phenoxy) is 4. The lowest BCUT2D eigenvalue weighted by atomic mass is 9.67. The number of hydrogen-bond acceptors (Lipinski definition) is 10. The molecule has 0 aromatic heterocycles. The van der Waals surface area contributed by atoms with Gasteiger partial charge in [-0.2, -0.15) is 0 Å². The fourth-order valence-electron chi connectivity index (χ4n) is 9.50. The summed E-state index contributed by atoms with van der Waals surface area (Å²) in [6.45, 7) is 9.91. The minimum absolute atomic E-state index is 0.0381. The first-order valence-electron chi connectivity index (χ1n) is 19.5. The van der Waals surface area contributed by atoms with Gasteiger partial charge in [-0.3, -0.25) is 19.4 Å². The Kier molecular flexibility index (Phi) is 10.0. The van der Waals surface area contributed by atoms with Crippen LogP contribution >= 0.6 is 0 Å². The highest BCUT2D eigenvalue weighted by atomic mass is 16.6. The molecule has 7 atom stereocenters. The molecule has 4 fully saturated rings. The van der Waals surface area contributed by atoms with Gasteiger partial charge < -0.3 is 18.9 Å². The molecule has 2 aliphatic heterocycles. The van der Waals surface area contributed by atoms with Gasteiger partial charge in [-0.1, -0.05) is 31.1 Å². The average molecular weight is 745 g/mol. The van der Waals surface area contributed by atoms with E-state index in [2.05, 4.69) is 0 Å². The van der Waals surface area contributed by atoms with E-state index in [9.17, 15) is 28.8 Å². The highest BCUT2D eigenvalue weighted by molar-refractivity contribution is 6.02. The fourth-order valence-corrected chi connectivity index (χ4v) is 9.50. The number of carbonyl (C=O) groups excluding carboxylic acids is 6. The van der Waals surface area contributed by atoms with Crippen LogP contribution < -0.4 is 0 Å². The number of hydrogen-bond donors (Lipinski definition) is 0. The molecule has 2 saturated carbocycles. The van der Waals surface area contributed by atoms with Gasteiger partial charge in [-0.15, -0.1) is 0 Å². The SMILES string of the molecule is CC(C)(C)OC(=O)N1C(C(=O)COC(=O)c2ccc3c(c2)C2=CC=C(C(=O)COC(=O)C4CC5CCCC5N4C(=O)OC(C)(C)C)CC23)CC2CCCC21. The molecule has 1 aromatic carbocycles. The van der Waals surface area contributed by atoms with E-state index in [4.69, 9.17) is 18.9 Å². The van der Waals surface area contributed by atoms with Crippen LogP contribution in [0, 0.1) is 11.8 Å². The van der Waals surface area contributed by atoms with Crippen molar-refractivity contribution >= 4 is 41.3 Å². The molecule has 290 valence electrons. The van der Waals surface area contributed by atoms with Gasteiger partial charge in [0.25, 0.3) is 0 Å². The van der Waals surface area contributed by atoms with Crippen molar-refractivity contribution in [1.82, 2.24) is 9.80 Å². The largest absolute Gasteiger partial charge is 0.456 e. The lowest BCUT2D eigenvalue weighted by Gasteiger charge is -2.36. The minimum Gasteiger partial charge on any atom is -0.456 e. The van der Waals surface area contributed by atoms with Crippen molar-refractivity contribution in [1.29, 1.82) is 0 Å². The Morgan fingerprint density at radius 3 is 1.93 bits per heavy atom. The van der Waals surface area contributed by atoms with E-state index in [-0.39, 0.29) is 41.4 Å². The number of benzene rings is 1. The van der Waals surface area contributed by atoms with Crippen molar-refractivity contribution in [3.8, 4) is 0 Å². The lowest BCUT2D eigenvalue weighted by Crippen LogP contribution is -2.48. The molecule has 2 saturated heterocycles. The normalized spacial score (nSPS) is 28.1. The van der Waals surface area contributed by atoms with Crippen LogP contribution in [0.3, 0.4) is 0 Å². The van der Waals surface area contributed by atoms with E-state index >= 15 is 0 Å². The monoisotopic (exact) mass is 744 g/mol. The first-order valence-corrected chi connectivity index (χ1v) is 19.5. The summed E-state index contributed by atoms with van der Waals surface area (Å²) in [6.07, 6.45) is 9.58. The molecule has 54 heavy (non-hydrogen) atoms. The summed E-state index contributed by atoms with van der Waals surface area (Å²) in [7, 11) is 0. The summed E-state index contributed by atoms with van der Waals surface area (Å²) in [5, 5.41) is 0. The van der Waals surface area contributed by atoms with E-state index in [0.717, 1.165) is 55.2 Å². The van der Waals surface area contributed by atoms with Crippen molar-refractivity contribution in [2.75, 3.05) is 13.2 Å². The highest BCUT2D eigenvalue weighted by Gasteiger charge is 2.52. The standard InChI is InChI=1S/C42H52N2O10/c1-41(2,3)53-39(49)43-31-11-7-9-23(31)19-33(43)36(46)22-51-37(47)26-14-16-28-29-17-25(13-15-27(29)30(28)18-26)35(45)21-52-38(48)34-20-24-10-8-12-32(24)44(34)40(50)54-42(4,5)6/h13-16,18,23-24,29,31-34H,7-12,17,19-22H2,1-6H3. The summed E-state index contributed by atoms with van der Waals surface area (Å²) >= 11 is 0. The lowest BCUT2D eigenvalue weighted by molar-refractivity contribution is -0.152. The van der Waals surface area contributed by atoms with Gasteiger partial charge in [0.15, 0.2) is 24.8 Å². The van der Waals surface area contributed by atoms with Gasteiger partial charge in [0.05, 0.1) is 11.6 Å². The van der Waals surface area contributed by atoms with Crippen molar-refractivity contribution in [3.63, 3.8) is 0 Å². The van der Waals surface area contributed by atoms with Crippen LogP contribution in [0.4, 0.5) is 9.59 Å². The number of ketones is 2. The molecule has 12 nitrogen and oxygen atoms in total. The maximum atomic E-state index is 13.4. The molecule has 6 aliphatic rings. The Bertz CT molecular complexity index is 1810. The topological polar surface area (TPSA) is 146 Å². The highest BCUT2D eigenvalue weighted by Crippen LogP contribution is 2.51. The number of carbonyl (C=O) groups is 6. The Morgan fingerprint density at radius 2 is 1.31 bits per heavy atom. The van der Waals surface area contributed by atoms with Gasteiger partial charge in [-0.25, -0.2) is 19.2 Å². The number of amides is 2. The molecule has 0 bridgehead atoms. The van der Waals surface area contributed by atoms with Gasteiger partial charge in [0.1, 0.15) is 17.2 Å². The second-order valence-corrected chi connectivity index (χ2v) is 17.7. The molecule has 0 radical (unpaired) electrons. The van der Waals surface area contributed by atoms with Crippen LogP contribution in [-0.4, -0.2) is 94.1 Å². The third-order valence-electron chi connectivity index (χ3n) is 11.8. The van der Waals surface area contributed by atoms with Crippen LogP contribution in [0.15, 0.2) is 35.9 Å². The molecule has 2 heterocycles. The molecule has 7 rings (SSSR count). The van der Waals surface area contributed by atoms with Crippen molar-refractivity contribution in [2.24, 2.45) is 11.8 Å². The second kappa shape index (κ2) is 14.3. The Balaban J connectivity index is 0.937. The zero-order chi connectivity index (χ0) is 38.7. The predicted molar refractivity (Wildman–Crippen MR) is 196 cm³/mol. The first kappa shape index (κ1) is 37.8. The maximum absolute atomic E-state index is 13.4. The second-order valence-electron chi connectivity index (χ2n) is 17.7. The molecule has 4 aliphatic carbocycles. The number of rotatable bonds is 8. The number of Topliss-reactive ketones (excluding diaryl/α,β-unsaturated/α-hetero) is 2. The minimum atomic E-state index is -0.776. The molecule has 1 aromatic rings. The maximum Gasteiger partial charge on any atom is 0.411 e. The number of esters is 2. The van der Waals surface area contributed by atoms with Gasteiger partial charge >= 0.3 is 24.1 Å². The average Bonchev–Trinajstić information content (AvgIpc) is 3.87. The zero-order valence-corrected chi connectivity index (χ0v) is 32.2. The summed E-state index contributed by atoms with van der Waals surface area (Å²) < 4.78 is 22.3. The zero-order valence-electron chi connectivity index (χ0n) is 32.2. The van der Waals surface area contributed by atoms with Crippen LogP contribution in [0.25, 0.3) is 5.57 Å². The van der Waals surface area contributed by atoms with E-state index in [1.807, 2.05) is 12.1 Å². The Morgan fingerprint density at radius 1 is 0.722 bits per heavy atom. The van der Waals surface area contributed by atoms with Crippen LogP contribution in [-0.2, 0) is 33.3 Å². The molecule has 2 amide bonds. The van der Waals surface area contributed by atoms with Crippen molar-refractivity contribution in [2.45, 2.75) is 141 Å². The quantitative estimate of drug-likeness (QED) is 0.208. The third kappa shape index (κ3) is 7.45. The third-order valence-corrected chi connectivity index (χ3v) is 11.8. The van der Waals surface area contributed by atoms with E-state index < -0.39 is 60.6 Å². The van der Waals surface area contributed by atoms with Gasteiger partial charge in [0, 0.05) is 18.0 Å². The van der Waals surface area contributed by atoms with Gasteiger partial charge in [-0.05, 0) is 133 Å². The van der Waals surface area contributed by atoms with Crippen LogP contribution in [0.5, 0.6) is 0 Å². The smallest absolute Gasteiger partial charge is 0.411 e. The van der Waals surface area contributed by atoms with Crippen LogP contribution in [0.1, 0.15) is 127 Å². The molecule has 12 heteroatoms. The number of fused-ring (bicyclic) bond motifs is 6. The Hall–Kier alpha value is -4.48. The molecule has 0 spiro atoms. The van der Waals surface area contributed by atoms with Crippen molar-refractivity contribution in [3.05, 3.63) is 52.6 Å². The van der Waals surface area contributed by atoms with E-state index in [0.29, 0.717) is 30.4 Å². The molecular formula is C42H52N2O10. The summed E-state index contributed by atoms with van der Waals surface area (Å²) in [6, 6.07) is 3.68. The van der Waals surface area contributed by atoms with Crippen LogP contribution in [0.2, 0.25) is 0 Å². The fraction of sp³-hybridized carbons (Fsp3) is 0.619. The number of likely N-dealkylation sites (tertiary alicyclic amines) is 2.